The first kappa shape index (κ1) is 14.8. The molecule has 3 aromatic rings. The van der Waals surface area contributed by atoms with Gasteiger partial charge in [-0.2, -0.15) is 5.10 Å². The molecule has 0 fully saturated rings. The monoisotopic (exact) mass is 433 g/mol. The lowest BCUT2D eigenvalue weighted by Crippen LogP contribution is -1.98. The fourth-order valence-electron chi connectivity index (χ4n) is 2.13. The summed E-state index contributed by atoms with van der Waals surface area (Å²) in [7, 11) is 1.77. The molecule has 0 bridgehead atoms. The number of hydrogen-bond donors (Lipinski definition) is 1. The van der Waals surface area contributed by atoms with Gasteiger partial charge in [-0.25, -0.2) is 4.39 Å². The van der Waals surface area contributed by atoms with Crippen LogP contribution in [0.25, 0.3) is 22.4 Å². The molecule has 2 heterocycles. The van der Waals surface area contributed by atoms with Gasteiger partial charge in [-0.05, 0) is 46.9 Å². The Morgan fingerprint density at radius 3 is 2.76 bits per heavy atom. The van der Waals surface area contributed by atoms with Crippen LogP contribution < -0.4 is 5.73 Å². The van der Waals surface area contributed by atoms with Crippen LogP contribution in [0.3, 0.4) is 0 Å². The van der Waals surface area contributed by atoms with E-state index in [1.54, 1.807) is 29.1 Å². The standard InChI is InChI=1S/C14H10ClFIN3S/c1-20-14(18)12(9-3-2-8(16)5-10(9)15)13(19-20)7-4-11(17)21-6-7/h2-6H,18H2,1H3. The first-order valence-corrected chi connectivity index (χ1v) is 8.33. The molecule has 0 saturated heterocycles. The highest BCUT2D eigenvalue weighted by atomic mass is 127. The van der Waals surface area contributed by atoms with E-state index in [9.17, 15) is 4.39 Å². The summed E-state index contributed by atoms with van der Waals surface area (Å²) in [5.41, 5.74) is 9.28. The van der Waals surface area contributed by atoms with Gasteiger partial charge in [0.15, 0.2) is 0 Å². The van der Waals surface area contributed by atoms with Crippen molar-refractivity contribution in [2.24, 2.45) is 7.05 Å². The van der Waals surface area contributed by atoms with Gasteiger partial charge in [-0.1, -0.05) is 11.6 Å². The molecule has 0 atom stereocenters. The number of aryl methyl sites for hydroxylation is 1. The summed E-state index contributed by atoms with van der Waals surface area (Å²) >= 11 is 10.1. The van der Waals surface area contributed by atoms with Gasteiger partial charge in [0.2, 0.25) is 0 Å². The topological polar surface area (TPSA) is 43.8 Å². The Hall–Kier alpha value is -1.12. The third-order valence-corrected chi connectivity index (χ3v) is 5.23. The van der Waals surface area contributed by atoms with Crippen molar-refractivity contribution >= 4 is 51.3 Å². The molecule has 7 heteroatoms. The van der Waals surface area contributed by atoms with Gasteiger partial charge in [-0.15, -0.1) is 11.3 Å². The SMILES string of the molecule is Cn1nc(-c2csc(I)c2)c(-c2ccc(F)cc2Cl)c1N. The van der Waals surface area contributed by atoms with Gasteiger partial charge in [0.25, 0.3) is 0 Å². The number of aromatic nitrogens is 2. The summed E-state index contributed by atoms with van der Waals surface area (Å²) in [5.74, 6) is 0.123. The van der Waals surface area contributed by atoms with Crippen LogP contribution in [0.1, 0.15) is 0 Å². The highest BCUT2D eigenvalue weighted by molar-refractivity contribution is 14.1. The van der Waals surface area contributed by atoms with Crippen LogP contribution in [0.2, 0.25) is 5.02 Å². The summed E-state index contributed by atoms with van der Waals surface area (Å²) in [6.07, 6.45) is 0. The number of anilines is 1. The molecule has 0 aliphatic rings. The van der Waals surface area contributed by atoms with E-state index in [0.717, 1.165) is 19.7 Å². The minimum Gasteiger partial charge on any atom is -0.383 e. The quantitative estimate of drug-likeness (QED) is 0.590. The summed E-state index contributed by atoms with van der Waals surface area (Å²) in [4.78, 5) is 0. The second kappa shape index (κ2) is 5.58. The Balaban J connectivity index is 2.26. The first-order chi connectivity index (χ1) is 9.97. The van der Waals surface area contributed by atoms with E-state index in [4.69, 9.17) is 17.3 Å². The molecule has 0 aliphatic carbocycles. The van der Waals surface area contributed by atoms with E-state index in [1.807, 2.05) is 11.4 Å². The summed E-state index contributed by atoms with van der Waals surface area (Å²) in [6.45, 7) is 0. The van der Waals surface area contributed by atoms with Crippen molar-refractivity contribution in [3.05, 3.63) is 43.4 Å². The molecule has 3 rings (SSSR count). The molecule has 0 spiro atoms. The van der Waals surface area contributed by atoms with Gasteiger partial charge >= 0.3 is 0 Å². The molecular weight excluding hydrogens is 424 g/mol. The lowest BCUT2D eigenvalue weighted by atomic mass is 10.0. The first-order valence-electron chi connectivity index (χ1n) is 5.99. The average Bonchev–Trinajstić information content (AvgIpc) is 2.96. The number of rotatable bonds is 2. The van der Waals surface area contributed by atoms with E-state index >= 15 is 0 Å². The Morgan fingerprint density at radius 2 is 2.14 bits per heavy atom. The van der Waals surface area contributed by atoms with Gasteiger partial charge in [-0.3, -0.25) is 4.68 Å². The van der Waals surface area contributed by atoms with Crippen LogP contribution in [-0.4, -0.2) is 9.78 Å². The molecule has 0 unspecified atom stereocenters. The van der Waals surface area contributed by atoms with Crippen molar-refractivity contribution < 1.29 is 4.39 Å². The minimum atomic E-state index is -0.377. The lowest BCUT2D eigenvalue weighted by Gasteiger charge is -2.06. The van der Waals surface area contributed by atoms with Crippen LogP contribution in [0.5, 0.6) is 0 Å². The number of nitrogen functional groups attached to an aromatic ring is 1. The normalized spacial score (nSPS) is 11.0. The zero-order valence-electron chi connectivity index (χ0n) is 10.9. The Labute approximate surface area is 143 Å². The van der Waals surface area contributed by atoms with Crippen LogP contribution in [0.4, 0.5) is 10.2 Å². The van der Waals surface area contributed by atoms with Crippen LogP contribution in [0.15, 0.2) is 29.6 Å². The number of thiophene rings is 1. The van der Waals surface area contributed by atoms with Crippen LogP contribution in [-0.2, 0) is 7.05 Å². The van der Waals surface area contributed by atoms with E-state index in [2.05, 4.69) is 27.7 Å². The third kappa shape index (κ3) is 2.67. The highest BCUT2D eigenvalue weighted by Crippen LogP contribution is 2.40. The summed E-state index contributed by atoms with van der Waals surface area (Å²) < 4.78 is 16.0. The fraction of sp³-hybridized carbons (Fsp3) is 0.0714. The molecule has 3 nitrogen and oxygen atoms in total. The lowest BCUT2D eigenvalue weighted by molar-refractivity contribution is 0.628. The van der Waals surface area contributed by atoms with Crippen LogP contribution in [0, 0.1) is 8.70 Å². The number of hydrogen-bond acceptors (Lipinski definition) is 3. The minimum absolute atomic E-state index is 0.320. The maximum atomic E-state index is 13.3. The molecule has 2 N–H and O–H groups in total. The number of halogens is 3. The predicted octanol–water partition coefficient (Wildman–Crippen LogP) is 4.79. The highest BCUT2D eigenvalue weighted by Gasteiger charge is 2.20. The second-order valence-corrected chi connectivity index (χ2v) is 7.71. The zero-order chi connectivity index (χ0) is 15.1. The number of benzene rings is 1. The fourth-order valence-corrected chi connectivity index (χ4v) is 3.72. The maximum Gasteiger partial charge on any atom is 0.129 e. The van der Waals surface area contributed by atoms with Crippen molar-refractivity contribution in [1.29, 1.82) is 0 Å². The Bertz CT molecular complexity index is 828. The van der Waals surface area contributed by atoms with Crippen molar-refractivity contribution in [2.75, 3.05) is 5.73 Å². The van der Waals surface area contributed by atoms with Crippen LogP contribution >= 0.6 is 45.5 Å². The van der Waals surface area contributed by atoms with Crippen molar-refractivity contribution in [2.45, 2.75) is 0 Å². The van der Waals surface area contributed by atoms with Gasteiger partial charge < -0.3 is 5.73 Å². The second-order valence-electron chi connectivity index (χ2n) is 4.50. The third-order valence-electron chi connectivity index (χ3n) is 3.13. The predicted molar refractivity (Wildman–Crippen MR) is 94.1 cm³/mol. The molecule has 0 saturated carbocycles. The van der Waals surface area contributed by atoms with Gasteiger partial charge in [0.1, 0.15) is 17.3 Å². The Morgan fingerprint density at radius 1 is 1.38 bits per heavy atom. The average molecular weight is 434 g/mol. The van der Waals surface area contributed by atoms with Crippen molar-refractivity contribution in [3.8, 4) is 22.4 Å². The molecule has 0 radical (unpaired) electrons. The van der Waals surface area contributed by atoms with Gasteiger partial charge in [0.05, 0.1) is 13.5 Å². The number of nitrogens with two attached hydrogens (primary N) is 1. The molecule has 21 heavy (non-hydrogen) atoms. The molecule has 0 amide bonds. The van der Waals surface area contributed by atoms with E-state index in [-0.39, 0.29) is 5.82 Å². The largest absolute Gasteiger partial charge is 0.383 e. The number of nitrogens with zero attached hydrogens (tertiary/aromatic N) is 2. The summed E-state index contributed by atoms with van der Waals surface area (Å²) in [6, 6.07) is 6.32. The zero-order valence-corrected chi connectivity index (χ0v) is 14.6. The van der Waals surface area contributed by atoms with Crippen molar-refractivity contribution in [3.63, 3.8) is 0 Å². The van der Waals surface area contributed by atoms with Gasteiger partial charge in [0, 0.05) is 23.6 Å². The molecular formula is C14H10ClFIN3S. The van der Waals surface area contributed by atoms with E-state index in [1.165, 1.54) is 12.1 Å². The smallest absolute Gasteiger partial charge is 0.129 e. The Kier molecular flexibility index (Phi) is 3.94. The molecule has 108 valence electrons. The maximum absolute atomic E-state index is 13.3. The van der Waals surface area contributed by atoms with E-state index < -0.39 is 0 Å². The molecule has 2 aromatic heterocycles. The van der Waals surface area contributed by atoms with Crippen molar-refractivity contribution in [1.82, 2.24) is 9.78 Å². The summed E-state index contributed by atoms with van der Waals surface area (Å²) in [5, 5.41) is 6.81. The molecule has 0 aliphatic heterocycles. The van der Waals surface area contributed by atoms with E-state index in [0.29, 0.717) is 16.4 Å². The molecule has 1 aromatic carbocycles.